The van der Waals surface area contributed by atoms with Crippen molar-refractivity contribution in [2.75, 3.05) is 6.61 Å². The third kappa shape index (κ3) is 3.59. The smallest absolute Gasteiger partial charge is 0.311 e. The van der Waals surface area contributed by atoms with Crippen LogP contribution in [0.4, 0.5) is 0 Å². The summed E-state index contributed by atoms with van der Waals surface area (Å²) < 4.78 is 6.00. The zero-order chi connectivity index (χ0) is 12.2. The Morgan fingerprint density at radius 2 is 2.25 bits per heavy atom. The third-order valence-electron chi connectivity index (χ3n) is 2.23. The second-order valence-corrected chi connectivity index (χ2v) is 5.16. The van der Waals surface area contributed by atoms with Crippen LogP contribution in [0.25, 0.3) is 0 Å². The van der Waals surface area contributed by atoms with Gasteiger partial charge in [-0.15, -0.1) is 0 Å². The number of carbonyl (C=O) groups is 1. The number of rotatable bonds is 4. The molecule has 0 aliphatic rings. The predicted molar refractivity (Wildman–Crippen MR) is 66.1 cm³/mol. The summed E-state index contributed by atoms with van der Waals surface area (Å²) in [4.78, 5) is 15.9. The van der Waals surface area contributed by atoms with Gasteiger partial charge in [-0.25, -0.2) is 0 Å². The first kappa shape index (κ1) is 13.2. The molecule has 0 saturated heterocycles. The van der Waals surface area contributed by atoms with E-state index in [1.165, 1.54) is 0 Å². The minimum Gasteiger partial charge on any atom is -0.466 e. The summed E-state index contributed by atoms with van der Waals surface area (Å²) in [5.74, 6) is -0.184. The topological polar surface area (TPSA) is 39.2 Å². The quantitative estimate of drug-likeness (QED) is 0.799. The van der Waals surface area contributed by atoms with Crippen molar-refractivity contribution in [3.8, 4) is 0 Å². The van der Waals surface area contributed by atoms with Gasteiger partial charge in [0.05, 0.1) is 12.0 Å². The Morgan fingerprint density at radius 3 is 2.81 bits per heavy atom. The molecule has 1 rings (SSSR count). The number of hydrogen-bond donors (Lipinski definition) is 0. The number of ether oxygens (including phenoxy) is 1. The Balaban J connectivity index is 2.75. The zero-order valence-corrected chi connectivity index (χ0v) is 11.4. The van der Waals surface area contributed by atoms with Crippen molar-refractivity contribution >= 4 is 21.9 Å². The summed E-state index contributed by atoms with van der Waals surface area (Å²) in [6, 6.07) is 3.78. The van der Waals surface area contributed by atoms with Gasteiger partial charge in [0.25, 0.3) is 0 Å². The van der Waals surface area contributed by atoms with Gasteiger partial charge in [-0.05, 0) is 32.9 Å². The summed E-state index contributed by atoms with van der Waals surface area (Å²) in [5.41, 5.74) is 0.344. The molecule has 0 aliphatic carbocycles. The average molecular weight is 286 g/mol. The second-order valence-electron chi connectivity index (χ2n) is 4.25. The van der Waals surface area contributed by atoms with E-state index in [1.807, 2.05) is 32.9 Å². The van der Waals surface area contributed by atoms with Gasteiger partial charge in [-0.3, -0.25) is 9.78 Å². The number of carbonyl (C=O) groups excluding carboxylic acids is 1. The van der Waals surface area contributed by atoms with Gasteiger partial charge in [0.15, 0.2) is 0 Å². The highest BCUT2D eigenvalue weighted by molar-refractivity contribution is 9.10. The Bertz CT molecular complexity index is 377. The van der Waals surface area contributed by atoms with Crippen molar-refractivity contribution in [1.82, 2.24) is 4.98 Å². The Kier molecular flexibility index (Phi) is 4.47. The van der Waals surface area contributed by atoms with Gasteiger partial charge in [-0.2, -0.15) is 0 Å². The first-order valence-electron chi connectivity index (χ1n) is 5.23. The first-order valence-corrected chi connectivity index (χ1v) is 6.02. The van der Waals surface area contributed by atoms with Crippen molar-refractivity contribution in [3.05, 3.63) is 28.5 Å². The van der Waals surface area contributed by atoms with E-state index in [4.69, 9.17) is 4.74 Å². The largest absolute Gasteiger partial charge is 0.466 e. The number of nitrogens with zero attached hydrogens (tertiary/aromatic N) is 1. The van der Waals surface area contributed by atoms with Gasteiger partial charge in [0, 0.05) is 22.8 Å². The molecule has 0 fully saturated rings. The van der Waals surface area contributed by atoms with Gasteiger partial charge >= 0.3 is 5.97 Å². The maximum Gasteiger partial charge on any atom is 0.311 e. The molecule has 0 N–H and O–H groups in total. The van der Waals surface area contributed by atoms with Crippen LogP contribution in [-0.4, -0.2) is 17.6 Å². The lowest BCUT2D eigenvalue weighted by Gasteiger charge is -2.21. The molecule has 0 aliphatic heterocycles. The Hall–Kier alpha value is -0.900. The second kappa shape index (κ2) is 5.43. The first-order chi connectivity index (χ1) is 7.45. The van der Waals surface area contributed by atoms with Crippen LogP contribution in [0.2, 0.25) is 0 Å². The monoisotopic (exact) mass is 285 g/mol. The van der Waals surface area contributed by atoms with Crippen molar-refractivity contribution in [2.45, 2.75) is 27.2 Å². The fraction of sp³-hybridized carbons (Fsp3) is 0.500. The molecule has 0 bridgehead atoms. The standard InChI is InChI=1S/C12H16BrNO2/c1-4-16-11(15)12(2,3)8-10-7-9(13)5-6-14-10/h5-7H,4,8H2,1-3H3. The molecule has 0 saturated carbocycles. The molecular formula is C12H16BrNO2. The summed E-state index contributed by atoms with van der Waals surface area (Å²) in [7, 11) is 0. The molecule has 16 heavy (non-hydrogen) atoms. The average Bonchev–Trinajstić information content (AvgIpc) is 2.17. The van der Waals surface area contributed by atoms with Gasteiger partial charge in [0.2, 0.25) is 0 Å². The van der Waals surface area contributed by atoms with E-state index >= 15 is 0 Å². The molecule has 1 heterocycles. The molecule has 0 atom stereocenters. The van der Waals surface area contributed by atoms with E-state index in [-0.39, 0.29) is 5.97 Å². The number of aromatic nitrogens is 1. The fourth-order valence-corrected chi connectivity index (χ4v) is 1.78. The van der Waals surface area contributed by atoms with E-state index in [9.17, 15) is 4.79 Å². The minimum atomic E-state index is -0.538. The zero-order valence-electron chi connectivity index (χ0n) is 9.79. The van der Waals surface area contributed by atoms with Crippen LogP contribution in [-0.2, 0) is 16.0 Å². The predicted octanol–water partition coefficient (Wildman–Crippen LogP) is 2.98. The Morgan fingerprint density at radius 1 is 1.56 bits per heavy atom. The molecular weight excluding hydrogens is 270 g/mol. The number of pyridine rings is 1. The molecule has 0 radical (unpaired) electrons. The highest BCUT2D eigenvalue weighted by Crippen LogP contribution is 2.23. The van der Waals surface area contributed by atoms with Crippen molar-refractivity contribution < 1.29 is 9.53 Å². The van der Waals surface area contributed by atoms with E-state index < -0.39 is 5.41 Å². The van der Waals surface area contributed by atoms with E-state index in [0.29, 0.717) is 13.0 Å². The minimum absolute atomic E-state index is 0.184. The SMILES string of the molecule is CCOC(=O)C(C)(C)Cc1cc(Br)ccn1. The molecule has 88 valence electrons. The third-order valence-corrected chi connectivity index (χ3v) is 2.72. The van der Waals surface area contributed by atoms with Gasteiger partial charge < -0.3 is 4.74 Å². The molecule has 3 nitrogen and oxygen atoms in total. The van der Waals surface area contributed by atoms with Gasteiger partial charge in [-0.1, -0.05) is 15.9 Å². The lowest BCUT2D eigenvalue weighted by atomic mass is 9.88. The molecule has 0 spiro atoms. The van der Waals surface area contributed by atoms with E-state index in [0.717, 1.165) is 10.2 Å². The van der Waals surface area contributed by atoms with E-state index in [1.54, 1.807) is 6.20 Å². The fourth-order valence-electron chi connectivity index (χ4n) is 1.40. The molecule has 4 heteroatoms. The van der Waals surface area contributed by atoms with Crippen LogP contribution in [0.3, 0.4) is 0 Å². The summed E-state index contributed by atoms with van der Waals surface area (Å²) in [6.45, 7) is 5.96. The van der Waals surface area contributed by atoms with Gasteiger partial charge in [0.1, 0.15) is 0 Å². The van der Waals surface area contributed by atoms with E-state index in [2.05, 4.69) is 20.9 Å². The highest BCUT2D eigenvalue weighted by atomic mass is 79.9. The molecule has 0 amide bonds. The van der Waals surface area contributed by atoms with Crippen molar-refractivity contribution in [3.63, 3.8) is 0 Å². The maximum absolute atomic E-state index is 11.7. The lowest BCUT2D eigenvalue weighted by molar-refractivity contribution is -0.153. The lowest BCUT2D eigenvalue weighted by Crippen LogP contribution is -2.29. The molecule has 0 aromatic carbocycles. The number of esters is 1. The van der Waals surface area contributed by atoms with Crippen LogP contribution in [0.1, 0.15) is 26.5 Å². The Labute approximate surface area is 104 Å². The normalized spacial score (nSPS) is 11.2. The number of hydrogen-bond acceptors (Lipinski definition) is 3. The summed E-state index contributed by atoms with van der Waals surface area (Å²) in [5, 5.41) is 0. The molecule has 1 aromatic rings. The molecule has 1 aromatic heterocycles. The van der Waals surface area contributed by atoms with Crippen LogP contribution in [0, 0.1) is 5.41 Å². The summed E-state index contributed by atoms with van der Waals surface area (Å²) >= 11 is 3.38. The molecule has 0 unspecified atom stereocenters. The summed E-state index contributed by atoms with van der Waals surface area (Å²) in [6.07, 6.45) is 2.30. The highest BCUT2D eigenvalue weighted by Gasteiger charge is 2.29. The van der Waals surface area contributed by atoms with Crippen molar-refractivity contribution in [1.29, 1.82) is 0 Å². The van der Waals surface area contributed by atoms with Crippen LogP contribution < -0.4 is 0 Å². The maximum atomic E-state index is 11.7. The van der Waals surface area contributed by atoms with Crippen LogP contribution >= 0.6 is 15.9 Å². The van der Waals surface area contributed by atoms with Crippen LogP contribution in [0.15, 0.2) is 22.8 Å². The van der Waals surface area contributed by atoms with Crippen LogP contribution in [0.5, 0.6) is 0 Å². The number of halogens is 1. The van der Waals surface area contributed by atoms with Crippen molar-refractivity contribution in [2.24, 2.45) is 5.41 Å².